The fourth-order valence-corrected chi connectivity index (χ4v) is 2.97. The largest absolute Gasteiger partial charge is 0.388 e. The summed E-state index contributed by atoms with van der Waals surface area (Å²) in [5.74, 6) is -0.405. The van der Waals surface area contributed by atoms with Crippen molar-refractivity contribution < 1.29 is 14.7 Å². The molecule has 0 saturated carbocycles. The molecule has 1 saturated heterocycles. The molecule has 0 unspecified atom stereocenters. The molecule has 0 radical (unpaired) electrons. The van der Waals surface area contributed by atoms with Crippen LogP contribution in [0.25, 0.3) is 0 Å². The van der Waals surface area contributed by atoms with E-state index in [1.807, 2.05) is 13.0 Å². The molecule has 2 aromatic rings. The number of aromatic nitrogens is 4. The summed E-state index contributed by atoms with van der Waals surface area (Å²) in [7, 11) is 1.52. The Morgan fingerprint density at radius 1 is 1.31 bits per heavy atom. The predicted octanol–water partition coefficient (Wildman–Crippen LogP) is 0.00842. The summed E-state index contributed by atoms with van der Waals surface area (Å²) < 4.78 is 1.46. The number of carbonyl (C=O) groups is 2. The van der Waals surface area contributed by atoms with Crippen molar-refractivity contribution >= 4 is 11.8 Å². The van der Waals surface area contributed by atoms with Gasteiger partial charge in [0.05, 0.1) is 23.9 Å². The zero-order valence-electron chi connectivity index (χ0n) is 14.8. The number of likely N-dealkylation sites (tertiary alicyclic amines) is 1. The van der Waals surface area contributed by atoms with Crippen molar-refractivity contribution in [1.29, 1.82) is 0 Å². The molecular weight excluding hydrogens is 336 g/mol. The molecule has 3 rings (SSSR count). The second-order valence-corrected chi connectivity index (χ2v) is 6.59. The van der Waals surface area contributed by atoms with E-state index in [0.29, 0.717) is 31.5 Å². The molecule has 3 heterocycles. The highest BCUT2D eigenvalue weighted by Gasteiger charge is 2.35. The van der Waals surface area contributed by atoms with Crippen LogP contribution in [0.15, 0.2) is 24.5 Å². The van der Waals surface area contributed by atoms with Gasteiger partial charge < -0.3 is 15.3 Å². The van der Waals surface area contributed by atoms with Crippen molar-refractivity contribution in [2.45, 2.75) is 31.9 Å². The van der Waals surface area contributed by atoms with Gasteiger partial charge in [-0.1, -0.05) is 5.21 Å². The lowest BCUT2D eigenvalue weighted by Crippen LogP contribution is -2.48. The zero-order valence-corrected chi connectivity index (χ0v) is 14.8. The highest BCUT2D eigenvalue weighted by molar-refractivity contribution is 5.94. The monoisotopic (exact) mass is 358 g/mol. The van der Waals surface area contributed by atoms with E-state index < -0.39 is 5.60 Å². The van der Waals surface area contributed by atoms with Gasteiger partial charge >= 0.3 is 0 Å². The van der Waals surface area contributed by atoms with Crippen molar-refractivity contribution in [3.05, 3.63) is 41.5 Å². The topological polar surface area (TPSA) is 113 Å². The molecule has 0 atom stereocenters. The molecule has 2 aromatic heterocycles. The third kappa shape index (κ3) is 3.88. The molecular formula is C17H22N6O3. The van der Waals surface area contributed by atoms with E-state index in [1.165, 1.54) is 17.9 Å². The van der Waals surface area contributed by atoms with Crippen LogP contribution in [-0.2, 0) is 6.54 Å². The van der Waals surface area contributed by atoms with Crippen molar-refractivity contribution in [2.75, 3.05) is 20.1 Å². The zero-order chi connectivity index (χ0) is 18.7. The van der Waals surface area contributed by atoms with E-state index in [1.54, 1.807) is 17.2 Å². The molecule has 0 spiro atoms. The van der Waals surface area contributed by atoms with Gasteiger partial charge in [0.1, 0.15) is 0 Å². The fourth-order valence-electron chi connectivity index (χ4n) is 2.97. The van der Waals surface area contributed by atoms with Crippen molar-refractivity contribution in [1.82, 2.24) is 30.2 Å². The van der Waals surface area contributed by atoms with Gasteiger partial charge in [-0.15, -0.1) is 5.10 Å². The number of amides is 2. The van der Waals surface area contributed by atoms with Crippen molar-refractivity contribution in [2.24, 2.45) is 0 Å². The summed E-state index contributed by atoms with van der Waals surface area (Å²) >= 11 is 0. The van der Waals surface area contributed by atoms with E-state index in [4.69, 9.17) is 0 Å². The number of aliphatic hydroxyl groups is 1. The maximum atomic E-state index is 12.5. The molecule has 1 aliphatic rings. The molecule has 2 N–H and O–H groups in total. The smallest absolute Gasteiger partial charge is 0.273 e. The van der Waals surface area contributed by atoms with Gasteiger partial charge in [-0.05, 0) is 31.9 Å². The lowest BCUT2D eigenvalue weighted by Gasteiger charge is -2.38. The average molecular weight is 358 g/mol. The van der Waals surface area contributed by atoms with E-state index in [9.17, 15) is 14.7 Å². The van der Waals surface area contributed by atoms with Crippen LogP contribution in [0.2, 0.25) is 0 Å². The van der Waals surface area contributed by atoms with Gasteiger partial charge in [0.15, 0.2) is 5.69 Å². The number of nitrogens with one attached hydrogen (secondary N) is 1. The molecule has 26 heavy (non-hydrogen) atoms. The second kappa shape index (κ2) is 7.20. The third-order valence-electron chi connectivity index (χ3n) is 4.59. The number of piperidine rings is 1. The van der Waals surface area contributed by atoms with Crippen LogP contribution in [0.1, 0.15) is 39.4 Å². The molecule has 9 nitrogen and oxygen atoms in total. The normalized spacial score (nSPS) is 16.3. The van der Waals surface area contributed by atoms with Gasteiger partial charge in [0.2, 0.25) is 0 Å². The Balaban J connectivity index is 1.60. The van der Waals surface area contributed by atoms with Crippen LogP contribution in [0.4, 0.5) is 0 Å². The van der Waals surface area contributed by atoms with Gasteiger partial charge in [-0.2, -0.15) is 0 Å². The first-order chi connectivity index (χ1) is 12.4. The van der Waals surface area contributed by atoms with Crippen molar-refractivity contribution in [3.63, 3.8) is 0 Å². The van der Waals surface area contributed by atoms with E-state index in [0.717, 1.165) is 5.69 Å². The lowest BCUT2D eigenvalue weighted by molar-refractivity contribution is -0.0318. The van der Waals surface area contributed by atoms with Crippen LogP contribution in [0, 0.1) is 6.92 Å². The standard InChI is InChI=1S/C17H22N6O3/c1-12-3-4-13(9-19-12)16(25)22-7-5-17(26,6-8-22)11-23-10-14(20-21-23)15(24)18-2/h3-4,9-10,26H,5-8,11H2,1-2H3,(H,18,24). The van der Waals surface area contributed by atoms with Gasteiger partial charge in [0.25, 0.3) is 11.8 Å². The van der Waals surface area contributed by atoms with E-state index in [2.05, 4.69) is 20.6 Å². The van der Waals surface area contributed by atoms with Crippen molar-refractivity contribution in [3.8, 4) is 0 Å². The van der Waals surface area contributed by atoms with Gasteiger partial charge in [-0.3, -0.25) is 14.6 Å². The summed E-state index contributed by atoms with van der Waals surface area (Å²) in [6, 6.07) is 3.57. The molecule has 0 aromatic carbocycles. The summed E-state index contributed by atoms with van der Waals surface area (Å²) in [5, 5.41) is 21.0. The van der Waals surface area contributed by atoms with Crippen LogP contribution >= 0.6 is 0 Å². The molecule has 0 aliphatic carbocycles. The number of aryl methyl sites for hydroxylation is 1. The highest BCUT2D eigenvalue weighted by Crippen LogP contribution is 2.25. The third-order valence-corrected chi connectivity index (χ3v) is 4.59. The molecule has 138 valence electrons. The summed E-state index contributed by atoms with van der Waals surface area (Å²) in [6.45, 7) is 2.99. The SMILES string of the molecule is CNC(=O)c1cn(CC2(O)CCN(C(=O)c3ccc(C)nc3)CC2)nn1. The number of nitrogens with zero attached hydrogens (tertiary/aromatic N) is 5. The summed E-state index contributed by atoms with van der Waals surface area (Å²) in [4.78, 5) is 29.9. The predicted molar refractivity (Wildman–Crippen MR) is 92.5 cm³/mol. The minimum absolute atomic E-state index is 0.0813. The van der Waals surface area contributed by atoms with Gasteiger partial charge in [-0.25, -0.2) is 4.68 Å². The Morgan fingerprint density at radius 3 is 2.65 bits per heavy atom. The molecule has 9 heteroatoms. The van der Waals surface area contributed by atoms with E-state index >= 15 is 0 Å². The Morgan fingerprint density at radius 2 is 2.04 bits per heavy atom. The maximum Gasteiger partial charge on any atom is 0.273 e. The summed E-state index contributed by atoms with van der Waals surface area (Å²) in [6.07, 6.45) is 3.93. The highest BCUT2D eigenvalue weighted by atomic mass is 16.3. The minimum atomic E-state index is -0.990. The Bertz CT molecular complexity index is 793. The Hall–Kier alpha value is -2.81. The molecule has 0 bridgehead atoms. The molecule has 1 aliphatic heterocycles. The number of pyridine rings is 1. The Kier molecular flexibility index (Phi) is 4.99. The number of hydrogen-bond acceptors (Lipinski definition) is 6. The molecule has 1 fully saturated rings. The quantitative estimate of drug-likeness (QED) is 0.796. The van der Waals surface area contributed by atoms with Crippen LogP contribution in [-0.4, -0.2) is 67.5 Å². The number of hydrogen-bond donors (Lipinski definition) is 2. The first-order valence-corrected chi connectivity index (χ1v) is 8.47. The minimum Gasteiger partial charge on any atom is -0.388 e. The first kappa shape index (κ1) is 18.0. The number of rotatable bonds is 4. The van der Waals surface area contributed by atoms with Gasteiger partial charge in [0, 0.05) is 32.0 Å². The molecule has 2 amide bonds. The lowest BCUT2D eigenvalue weighted by atomic mass is 9.91. The van der Waals surface area contributed by atoms with Crippen LogP contribution < -0.4 is 5.32 Å². The second-order valence-electron chi connectivity index (χ2n) is 6.59. The average Bonchev–Trinajstić information content (AvgIpc) is 3.09. The van der Waals surface area contributed by atoms with Crippen LogP contribution in [0.5, 0.6) is 0 Å². The summed E-state index contributed by atoms with van der Waals surface area (Å²) in [5.41, 5.74) is 0.623. The fraction of sp³-hybridized carbons (Fsp3) is 0.471. The van der Waals surface area contributed by atoms with E-state index in [-0.39, 0.29) is 24.1 Å². The maximum absolute atomic E-state index is 12.5. The Labute approximate surface area is 151 Å². The number of carbonyl (C=O) groups excluding carboxylic acids is 2. The van der Waals surface area contributed by atoms with Crippen LogP contribution in [0.3, 0.4) is 0 Å². The first-order valence-electron chi connectivity index (χ1n) is 8.47.